The SMILES string of the molecule is CCCCCCCCNC(=O)c1cnc(Cl)c(Cl)c1. The van der Waals surface area contributed by atoms with Crippen LogP contribution >= 0.6 is 23.2 Å². The minimum Gasteiger partial charge on any atom is -0.352 e. The lowest BCUT2D eigenvalue weighted by Gasteiger charge is -2.05. The van der Waals surface area contributed by atoms with Gasteiger partial charge in [-0.25, -0.2) is 4.98 Å². The minimum atomic E-state index is -0.153. The average Bonchev–Trinajstić information content (AvgIpc) is 2.40. The van der Waals surface area contributed by atoms with Gasteiger partial charge in [0.2, 0.25) is 0 Å². The van der Waals surface area contributed by atoms with E-state index in [2.05, 4.69) is 17.2 Å². The van der Waals surface area contributed by atoms with Crippen molar-refractivity contribution in [3.05, 3.63) is 28.0 Å². The molecule has 1 heterocycles. The van der Waals surface area contributed by atoms with E-state index in [1.165, 1.54) is 37.9 Å². The number of hydrogen-bond donors (Lipinski definition) is 1. The third-order valence-corrected chi connectivity index (χ3v) is 3.56. The molecule has 1 aromatic heterocycles. The van der Waals surface area contributed by atoms with Crippen LogP contribution in [0, 0.1) is 0 Å². The highest BCUT2D eigenvalue weighted by Gasteiger charge is 2.08. The fraction of sp³-hybridized carbons (Fsp3) is 0.571. The molecular weight excluding hydrogens is 283 g/mol. The molecule has 0 atom stereocenters. The van der Waals surface area contributed by atoms with E-state index in [-0.39, 0.29) is 11.1 Å². The molecule has 19 heavy (non-hydrogen) atoms. The first-order chi connectivity index (χ1) is 9.15. The molecule has 0 radical (unpaired) electrons. The Morgan fingerprint density at radius 2 is 1.89 bits per heavy atom. The average molecular weight is 303 g/mol. The summed E-state index contributed by atoms with van der Waals surface area (Å²) in [6.45, 7) is 2.89. The van der Waals surface area contributed by atoms with E-state index in [9.17, 15) is 4.79 Å². The summed E-state index contributed by atoms with van der Waals surface area (Å²) < 4.78 is 0. The molecule has 3 nitrogen and oxygen atoms in total. The normalized spacial score (nSPS) is 10.5. The maximum absolute atomic E-state index is 11.8. The van der Waals surface area contributed by atoms with Gasteiger partial charge in [0.05, 0.1) is 10.6 Å². The summed E-state index contributed by atoms with van der Waals surface area (Å²) in [5, 5.41) is 3.37. The Kier molecular flexibility index (Phi) is 7.84. The molecule has 0 aliphatic carbocycles. The molecule has 0 saturated heterocycles. The molecule has 0 aliphatic rings. The van der Waals surface area contributed by atoms with Crippen molar-refractivity contribution in [1.29, 1.82) is 0 Å². The van der Waals surface area contributed by atoms with E-state index >= 15 is 0 Å². The standard InChI is InChI=1S/C14H20Cl2N2O/c1-2-3-4-5-6-7-8-17-14(19)11-9-12(15)13(16)18-10-11/h9-10H,2-8H2,1H3,(H,17,19). The molecule has 5 heteroatoms. The number of pyridine rings is 1. The van der Waals surface area contributed by atoms with Crippen LogP contribution in [0.2, 0.25) is 10.2 Å². The highest BCUT2D eigenvalue weighted by Crippen LogP contribution is 2.19. The fourth-order valence-corrected chi connectivity index (χ4v) is 2.02. The zero-order chi connectivity index (χ0) is 14.1. The van der Waals surface area contributed by atoms with Gasteiger partial charge in [-0.15, -0.1) is 0 Å². The van der Waals surface area contributed by atoms with Gasteiger partial charge in [0, 0.05) is 12.7 Å². The molecule has 1 N–H and O–H groups in total. The van der Waals surface area contributed by atoms with Crippen LogP contribution in [0.5, 0.6) is 0 Å². The minimum absolute atomic E-state index is 0.153. The molecule has 0 unspecified atom stereocenters. The van der Waals surface area contributed by atoms with Crippen molar-refractivity contribution >= 4 is 29.1 Å². The Balaban J connectivity index is 2.22. The topological polar surface area (TPSA) is 42.0 Å². The number of nitrogens with one attached hydrogen (secondary N) is 1. The van der Waals surface area contributed by atoms with Crippen LogP contribution in [-0.2, 0) is 0 Å². The van der Waals surface area contributed by atoms with Gasteiger partial charge in [0.25, 0.3) is 5.91 Å². The van der Waals surface area contributed by atoms with Gasteiger partial charge in [-0.1, -0.05) is 62.2 Å². The predicted octanol–water partition coefficient (Wildman–Crippen LogP) is 4.48. The van der Waals surface area contributed by atoms with Crippen LogP contribution in [-0.4, -0.2) is 17.4 Å². The smallest absolute Gasteiger partial charge is 0.252 e. The summed E-state index contributed by atoms with van der Waals surface area (Å²) in [4.78, 5) is 15.6. The second kappa shape index (κ2) is 9.16. The molecule has 0 fully saturated rings. The zero-order valence-electron chi connectivity index (χ0n) is 11.2. The summed E-state index contributed by atoms with van der Waals surface area (Å²) in [6.07, 6.45) is 8.65. The second-order valence-corrected chi connectivity index (χ2v) is 5.29. The number of carbonyl (C=O) groups excluding carboxylic acids is 1. The first-order valence-corrected chi connectivity index (χ1v) is 7.50. The lowest BCUT2D eigenvalue weighted by atomic mass is 10.1. The summed E-state index contributed by atoms with van der Waals surface area (Å²) in [5.74, 6) is -0.153. The van der Waals surface area contributed by atoms with Crippen molar-refractivity contribution in [2.75, 3.05) is 6.54 Å². The number of nitrogens with zero attached hydrogens (tertiary/aromatic N) is 1. The van der Waals surface area contributed by atoms with Crippen molar-refractivity contribution in [3.8, 4) is 0 Å². The Morgan fingerprint density at radius 3 is 2.58 bits per heavy atom. The third-order valence-electron chi connectivity index (χ3n) is 2.87. The van der Waals surface area contributed by atoms with Crippen molar-refractivity contribution in [2.24, 2.45) is 0 Å². The molecule has 0 spiro atoms. The highest BCUT2D eigenvalue weighted by atomic mass is 35.5. The van der Waals surface area contributed by atoms with E-state index in [0.29, 0.717) is 17.1 Å². The zero-order valence-corrected chi connectivity index (χ0v) is 12.7. The number of hydrogen-bond acceptors (Lipinski definition) is 2. The van der Waals surface area contributed by atoms with Crippen LogP contribution in [0.25, 0.3) is 0 Å². The molecule has 106 valence electrons. The summed E-state index contributed by atoms with van der Waals surface area (Å²) in [6, 6.07) is 1.54. The van der Waals surface area contributed by atoms with Crippen LogP contribution in [0.15, 0.2) is 12.3 Å². The number of unbranched alkanes of at least 4 members (excludes halogenated alkanes) is 5. The number of carbonyl (C=O) groups is 1. The molecule has 0 bridgehead atoms. The largest absolute Gasteiger partial charge is 0.352 e. The summed E-state index contributed by atoms with van der Waals surface area (Å²) >= 11 is 11.5. The lowest BCUT2D eigenvalue weighted by molar-refractivity contribution is 0.0952. The summed E-state index contributed by atoms with van der Waals surface area (Å²) in [7, 11) is 0. The van der Waals surface area contributed by atoms with Crippen LogP contribution in [0.1, 0.15) is 55.8 Å². The molecule has 1 aromatic rings. The molecule has 1 rings (SSSR count). The Hall–Kier alpha value is -0.800. The number of halogens is 2. The molecule has 0 aliphatic heterocycles. The van der Waals surface area contributed by atoms with Gasteiger partial charge >= 0.3 is 0 Å². The second-order valence-electron chi connectivity index (χ2n) is 4.52. The van der Waals surface area contributed by atoms with E-state index in [4.69, 9.17) is 23.2 Å². The van der Waals surface area contributed by atoms with E-state index in [1.54, 1.807) is 0 Å². The van der Waals surface area contributed by atoms with Gasteiger partial charge in [-0.3, -0.25) is 4.79 Å². The number of rotatable bonds is 8. The van der Waals surface area contributed by atoms with Crippen molar-refractivity contribution in [3.63, 3.8) is 0 Å². The monoisotopic (exact) mass is 302 g/mol. The van der Waals surface area contributed by atoms with E-state index < -0.39 is 0 Å². The highest BCUT2D eigenvalue weighted by molar-refractivity contribution is 6.41. The van der Waals surface area contributed by atoms with E-state index in [0.717, 1.165) is 12.8 Å². The van der Waals surface area contributed by atoms with Gasteiger partial charge in [-0.05, 0) is 12.5 Å². The first kappa shape index (κ1) is 16.3. The number of amides is 1. The Labute approximate surface area is 124 Å². The van der Waals surface area contributed by atoms with Crippen molar-refractivity contribution < 1.29 is 4.79 Å². The van der Waals surface area contributed by atoms with Gasteiger partial charge < -0.3 is 5.32 Å². The van der Waals surface area contributed by atoms with Crippen molar-refractivity contribution in [1.82, 2.24) is 10.3 Å². The maximum atomic E-state index is 11.8. The first-order valence-electron chi connectivity index (χ1n) is 6.74. The maximum Gasteiger partial charge on any atom is 0.252 e. The predicted molar refractivity (Wildman–Crippen MR) is 80.0 cm³/mol. The quantitative estimate of drug-likeness (QED) is 0.568. The van der Waals surface area contributed by atoms with Gasteiger partial charge in [-0.2, -0.15) is 0 Å². The molecule has 1 amide bonds. The molecular formula is C14H20Cl2N2O. The summed E-state index contributed by atoms with van der Waals surface area (Å²) in [5.41, 5.74) is 0.445. The number of aromatic nitrogens is 1. The van der Waals surface area contributed by atoms with Crippen molar-refractivity contribution in [2.45, 2.75) is 45.4 Å². The third kappa shape index (κ3) is 6.26. The Morgan fingerprint density at radius 1 is 1.21 bits per heavy atom. The fourth-order valence-electron chi connectivity index (χ4n) is 1.75. The lowest BCUT2D eigenvalue weighted by Crippen LogP contribution is -2.24. The Bertz CT molecular complexity index is 410. The van der Waals surface area contributed by atoms with Crippen LogP contribution in [0.3, 0.4) is 0 Å². The van der Waals surface area contributed by atoms with Gasteiger partial charge in [0.1, 0.15) is 5.15 Å². The molecule has 0 aromatic carbocycles. The van der Waals surface area contributed by atoms with Crippen LogP contribution < -0.4 is 5.32 Å². The van der Waals surface area contributed by atoms with Gasteiger partial charge in [0.15, 0.2) is 0 Å². The molecule has 0 saturated carbocycles. The van der Waals surface area contributed by atoms with E-state index in [1.807, 2.05) is 0 Å². The van der Waals surface area contributed by atoms with Crippen LogP contribution in [0.4, 0.5) is 0 Å².